The molecule has 0 aromatic carbocycles. The molecule has 2 aromatic heterocycles. The number of nitrogens with one attached hydrogen (secondary N) is 1. The molecule has 4 heteroatoms. The number of Topliss-reactive ketones (excluding diaryl/α,β-unsaturated/α-hetero) is 1. The summed E-state index contributed by atoms with van der Waals surface area (Å²) in [7, 11) is 0. The van der Waals surface area contributed by atoms with Crippen molar-refractivity contribution in [2.75, 3.05) is 6.61 Å². The van der Waals surface area contributed by atoms with Gasteiger partial charge in [-0.15, -0.1) is 0 Å². The van der Waals surface area contributed by atoms with Crippen LogP contribution >= 0.6 is 0 Å². The van der Waals surface area contributed by atoms with Crippen molar-refractivity contribution < 1.29 is 9.53 Å². The zero-order valence-corrected chi connectivity index (χ0v) is 11.8. The van der Waals surface area contributed by atoms with Crippen molar-refractivity contribution in [2.24, 2.45) is 5.92 Å². The van der Waals surface area contributed by atoms with Gasteiger partial charge in [-0.05, 0) is 31.7 Å². The van der Waals surface area contributed by atoms with Crippen LogP contribution in [-0.2, 0) is 0 Å². The van der Waals surface area contributed by atoms with Crippen LogP contribution in [0.1, 0.15) is 49.4 Å². The standard InChI is InChI=1S/C16H20N2O2/c1-11(19)13-9-18-16-15(13)14(7-8-17-16)20-10-12-5-3-2-4-6-12/h7-9,12H,2-6,10H2,1H3,(H,17,18). The van der Waals surface area contributed by atoms with E-state index in [1.54, 1.807) is 19.3 Å². The molecule has 3 rings (SSSR count). The maximum atomic E-state index is 11.7. The lowest BCUT2D eigenvalue weighted by molar-refractivity contribution is 0.101. The van der Waals surface area contributed by atoms with Gasteiger partial charge in [-0.25, -0.2) is 4.98 Å². The van der Waals surface area contributed by atoms with Crippen molar-refractivity contribution in [2.45, 2.75) is 39.0 Å². The van der Waals surface area contributed by atoms with Crippen molar-refractivity contribution in [1.29, 1.82) is 0 Å². The summed E-state index contributed by atoms with van der Waals surface area (Å²) >= 11 is 0. The Labute approximate surface area is 118 Å². The lowest BCUT2D eigenvalue weighted by Crippen LogP contribution is -2.15. The fourth-order valence-corrected chi connectivity index (χ4v) is 2.99. The molecule has 1 aliphatic rings. The van der Waals surface area contributed by atoms with Crippen LogP contribution in [0.5, 0.6) is 5.75 Å². The number of hydrogen-bond donors (Lipinski definition) is 1. The highest BCUT2D eigenvalue weighted by Crippen LogP contribution is 2.30. The second-order valence-corrected chi connectivity index (χ2v) is 5.61. The zero-order chi connectivity index (χ0) is 13.9. The molecule has 1 aliphatic carbocycles. The normalized spacial score (nSPS) is 16.4. The Morgan fingerprint density at radius 1 is 1.40 bits per heavy atom. The predicted octanol–water partition coefficient (Wildman–Crippen LogP) is 3.72. The third kappa shape index (κ3) is 2.55. The van der Waals surface area contributed by atoms with Crippen LogP contribution in [0, 0.1) is 5.92 Å². The first-order valence-corrected chi connectivity index (χ1v) is 7.35. The molecule has 2 heterocycles. The van der Waals surface area contributed by atoms with E-state index in [9.17, 15) is 4.79 Å². The van der Waals surface area contributed by atoms with Crippen LogP contribution in [-0.4, -0.2) is 22.4 Å². The molecule has 0 bridgehead atoms. The average molecular weight is 272 g/mol. The monoisotopic (exact) mass is 272 g/mol. The summed E-state index contributed by atoms with van der Waals surface area (Å²) in [5.41, 5.74) is 1.38. The fourth-order valence-electron chi connectivity index (χ4n) is 2.99. The van der Waals surface area contributed by atoms with Gasteiger partial charge in [-0.3, -0.25) is 4.79 Å². The number of carbonyl (C=O) groups excluding carboxylic acids is 1. The Morgan fingerprint density at radius 2 is 2.20 bits per heavy atom. The number of hydrogen-bond acceptors (Lipinski definition) is 3. The number of rotatable bonds is 4. The van der Waals surface area contributed by atoms with E-state index in [1.165, 1.54) is 32.1 Å². The number of fused-ring (bicyclic) bond motifs is 1. The van der Waals surface area contributed by atoms with E-state index >= 15 is 0 Å². The van der Waals surface area contributed by atoms with Crippen LogP contribution in [0.3, 0.4) is 0 Å². The summed E-state index contributed by atoms with van der Waals surface area (Å²) < 4.78 is 6.00. The molecule has 1 N–H and O–H groups in total. The molecule has 0 amide bonds. The molecular formula is C16H20N2O2. The number of pyridine rings is 1. The van der Waals surface area contributed by atoms with Crippen LogP contribution in [0.4, 0.5) is 0 Å². The number of H-pyrrole nitrogens is 1. The van der Waals surface area contributed by atoms with Gasteiger partial charge in [0.15, 0.2) is 5.78 Å². The van der Waals surface area contributed by atoms with Gasteiger partial charge in [0, 0.05) is 18.0 Å². The van der Waals surface area contributed by atoms with E-state index in [0.29, 0.717) is 11.5 Å². The van der Waals surface area contributed by atoms with E-state index in [4.69, 9.17) is 4.74 Å². The van der Waals surface area contributed by atoms with E-state index in [0.717, 1.165) is 23.4 Å². The Hall–Kier alpha value is -1.84. The molecule has 2 aromatic rings. The van der Waals surface area contributed by atoms with E-state index in [2.05, 4.69) is 9.97 Å². The molecule has 4 nitrogen and oxygen atoms in total. The Kier molecular flexibility index (Phi) is 3.72. The lowest BCUT2D eigenvalue weighted by atomic mass is 9.90. The van der Waals surface area contributed by atoms with Crippen molar-refractivity contribution in [3.63, 3.8) is 0 Å². The highest BCUT2D eigenvalue weighted by molar-refractivity contribution is 6.08. The van der Waals surface area contributed by atoms with Gasteiger partial charge in [0.2, 0.25) is 0 Å². The van der Waals surface area contributed by atoms with Crippen LogP contribution in [0.2, 0.25) is 0 Å². The fraction of sp³-hybridized carbons (Fsp3) is 0.500. The van der Waals surface area contributed by atoms with E-state index < -0.39 is 0 Å². The van der Waals surface area contributed by atoms with Gasteiger partial charge >= 0.3 is 0 Å². The summed E-state index contributed by atoms with van der Waals surface area (Å²) in [5, 5.41) is 0.816. The summed E-state index contributed by atoms with van der Waals surface area (Å²) in [4.78, 5) is 19.0. The lowest BCUT2D eigenvalue weighted by Gasteiger charge is -2.21. The number of ether oxygens (including phenoxy) is 1. The summed E-state index contributed by atoms with van der Waals surface area (Å²) in [6.45, 7) is 2.31. The van der Waals surface area contributed by atoms with Gasteiger partial charge in [-0.2, -0.15) is 0 Å². The highest BCUT2D eigenvalue weighted by Gasteiger charge is 2.17. The van der Waals surface area contributed by atoms with Gasteiger partial charge in [0.05, 0.1) is 12.0 Å². The highest BCUT2D eigenvalue weighted by atomic mass is 16.5. The van der Waals surface area contributed by atoms with E-state index in [1.807, 2.05) is 6.07 Å². The largest absolute Gasteiger partial charge is 0.492 e. The second-order valence-electron chi connectivity index (χ2n) is 5.61. The molecule has 1 saturated carbocycles. The molecule has 20 heavy (non-hydrogen) atoms. The van der Waals surface area contributed by atoms with Crippen LogP contribution in [0.15, 0.2) is 18.5 Å². The third-order valence-electron chi connectivity index (χ3n) is 4.11. The topological polar surface area (TPSA) is 55.0 Å². The number of ketones is 1. The zero-order valence-electron chi connectivity index (χ0n) is 11.8. The Bertz CT molecular complexity index is 612. The number of aromatic amines is 1. The molecule has 0 saturated heterocycles. The number of nitrogens with zero attached hydrogens (tertiary/aromatic N) is 1. The van der Waals surface area contributed by atoms with Crippen molar-refractivity contribution in [3.8, 4) is 5.75 Å². The van der Waals surface area contributed by atoms with Crippen LogP contribution < -0.4 is 4.74 Å². The Balaban J connectivity index is 1.83. The molecule has 0 radical (unpaired) electrons. The SMILES string of the molecule is CC(=O)c1c[nH]c2nccc(OCC3CCCCC3)c12. The first kappa shape index (κ1) is 13.2. The minimum absolute atomic E-state index is 0.0340. The van der Waals surface area contributed by atoms with Crippen molar-refractivity contribution >= 4 is 16.8 Å². The van der Waals surface area contributed by atoms with Crippen molar-refractivity contribution in [1.82, 2.24) is 9.97 Å². The predicted molar refractivity (Wildman–Crippen MR) is 78.2 cm³/mol. The van der Waals surface area contributed by atoms with Crippen molar-refractivity contribution in [3.05, 3.63) is 24.0 Å². The smallest absolute Gasteiger partial charge is 0.162 e. The number of carbonyl (C=O) groups is 1. The first-order valence-electron chi connectivity index (χ1n) is 7.35. The minimum atomic E-state index is 0.0340. The van der Waals surface area contributed by atoms with Gasteiger partial charge in [-0.1, -0.05) is 19.3 Å². The third-order valence-corrected chi connectivity index (χ3v) is 4.11. The maximum absolute atomic E-state index is 11.7. The van der Waals surface area contributed by atoms with Gasteiger partial charge in [0.25, 0.3) is 0 Å². The quantitative estimate of drug-likeness (QED) is 0.863. The summed E-state index contributed by atoms with van der Waals surface area (Å²) in [6, 6.07) is 1.85. The first-order chi connectivity index (χ1) is 9.75. The molecule has 1 fully saturated rings. The molecule has 0 aliphatic heterocycles. The summed E-state index contributed by atoms with van der Waals surface area (Å²) in [5.74, 6) is 1.45. The minimum Gasteiger partial charge on any atom is -0.492 e. The van der Waals surface area contributed by atoms with Crippen LogP contribution in [0.25, 0.3) is 11.0 Å². The molecule has 0 spiro atoms. The number of aromatic nitrogens is 2. The van der Waals surface area contributed by atoms with Gasteiger partial charge < -0.3 is 9.72 Å². The summed E-state index contributed by atoms with van der Waals surface area (Å²) in [6.07, 6.45) is 9.90. The maximum Gasteiger partial charge on any atom is 0.162 e. The van der Waals surface area contributed by atoms with Gasteiger partial charge in [0.1, 0.15) is 11.4 Å². The average Bonchev–Trinajstić information content (AvgIpc) is 2.91. The molecule has 0 atom stereocenters. The molecule has 0 unspecified atom stereocenters. The molecular weight excluding hydrogens is 252 g/mol. The van der Waals surface area contributed by atoms with E-state index in [-0.39, 0.29) is 5.78 Å². The second kappa shape index (κ2) is 5.65. The molecule has 106 valence electrons. The Morgan fingerprint density at radius 3 is 2.95 bits per heavy atom.